The van der Waals surface area contributed by atoms with Gasteiger partial charge in [0, 0.05) is 24.0 Å². The normalized spacial score (nSPS) is 25.8. The van der Waals surface area contributed by atoms with Gasteiger partial charge in [-0.3, -0.25) is 0 Å². The molecule has 0 aromatic carbocycles. The van der Waals surface area contributed by atoms with Crippen molar-refractivity contribution in [2.45, 2.75) is 37.8 Å². The van der Waals surface area contributed by atoms with Crippen molar-refractivity contribution in [3.8, 4) is 0 Å². The zero-order chi connectivity index (χ0) is 13.5. The molecule has 2 unspecified atom stereocenters. The Morgan fingerprint density at radius 1 is 1.56 bits per heavy atom. The maximum absolute atomic E-state index is 12.6. The lowest BCUT2D eigenvalue weighted by atomic mass is 10.1. The van der Waals surface area contributed by atoms with Crippen LogP contribution >= 0.6 is 27.3 Å². The van der Waals surface area contributed by atoms with Gasteiger partial charge in [-0.1, -0.05) is 6.92 Å². The summed E-state index contributed by atoms with van der Waals surface area (Å²) in [5.74, 6) is 0.418. The Labute approximate surface area is 120 Å². The van der Waals surface area contributed by atoms with Gasteiger partial charge in [-0.25, -0.2) is 8.42 Å². The highest BCUT2D eigenvalue weighted by atomic mass is 79.9. The van der Waals surface area contributed by atoms with E-state index in [4.69, 9.17) is 5.73 Å². The van der Waals surface area contributed by atoms with Gasteiger partial charge in [0.05, 0.1) is 3.79 Å². The molecule has 1 aliphatic heterocycles. The van der Waals surface area contributed by atoms with Crippen LogP contribution in [0.15, 0.2) is 14.7 Å². The molecule has 0 bridgehead atoms. The zero-order valence-electron chi connectivity index (χ0n) is 10.4. The van der Waals surface area contributed by atoms with Crippen LogP contribution in [-0.2, 0) is 16.6 Å². The summed E-state index contributed by atoms with van der Waals surface area (Å²) in [6.45, 7) is 5.01. The monoisotopic (exact) mass is 352 g/mol. The number of nitrogens with zero attached hydrogens (tertiary/aromatic N) is 1. The highest BCUT2D eigenvalue weighted by Crippen LogP contribution is 2.36. The summed E-state index contributed by atoms with van der Waals surface area (Å²) in [6, 6.07) is 1.75. The molecule has 1 saturated heterocycles. The molecule has 2 N–H and O–H groups in total. The predicted octanol–water partition coefficient (Wildman–Crippen LogP) is 2.39. The highest BCUT2D eigenvalue weighted by Gasteiger charge is 2.37. The molecule has 0 spiro atoms. The second-order valence-electron chi connectivity index (χ2n) is 4.82. The first-order chi connectivity index (χ1) is 8.36. The van der Waals surface area contributed by atoms with Gasteiger partial charge in [-0.05, 0) is 41.3 Å². The molecule has 1 aliphatic rings. The maximum atomic E-state index is 12.6. The van der Waals surface area contributed by atoms with E-state index in [1.807, 2.05) is 6.92 Å². The Morgan fingerprint density at radius 2 is 2.22 bits per heavy atom. The molecule has 1 fully saturated rings. The number of nitrogens with two attached hydrogens (primary N) is 1. The van der Waals surface area contributed by atoms with E-state index in [1.54, 1.807) is 10.4 Å². The summed E-state index contributed by atoms with van der Waals surface area (Å²) >= 11 is 4.72. The molecule has 0 radical (unpaired) electrons. The third kappa shape index (κ3) is 2.51. The highest BCUT2D eigenvalue weighted by molar-refractivity contribution is 9.11. The summed E-state index contributed by atoms with van der Waals surface area (Å²) in [7, 11) is -3.40. The minimum absolute atomic E-state index is 0.0677. The molecular formula is C11H17BrN2O2S2. The minimum Gasteiger partial charge on any atom is -0.326 e. The molecule has 102 valence electrons. The number of rotatable bonds is 3. The minimum atomic E-state index is -3.40. The Bertz CT molecular complexity index is 541. The average molecular weight is 353 g/mol. The summed E-state index contributed by atoms with van der Waals surface area (Å²) in [5.41, 5.74) is 5.56. The van der Waals surface area contributed by atoms with Crippen LogP contribution in [0.5, 0.6) is 0 Å². The van der Waals surface area contributed by atoms with Crippen molar-refractivity contribution >= 4 is 37.3 Å². The second-order valence-corrected chi connectivity index (χ2v) is 9.13. The molecule has 0 aliphatic carbocycles. The van der Waals surface area contributed by atoms with E-state index in [-0.39, 0.29) is 6.04 Å². The fourth-order valence-electron chi connectivity index (χ4n) is 2.40. The lowest BCUT2D eigenvalue weighted by Gasteiger charge is -2.20. The number of halogens is 1. The third-order valence-electron chi connectivity index (χ3n) is 3.22. The van der Waals surface area contributed by atoms with Crippen molar-refractivity contribution in [1.29, 1.82) is 0 Å². The first-order valence-corrected chi connectivity index (χ1v) is 8.91. The second kappa shape index (κ2) is 5.20. The molecule has 4 nitrogen and oxygen atoms in total. The Hall–Kier alpha value is 0.0500. The van der Waals surface area contributed by atoms with Crippen molar-refractivity contribution in [3.05, 3.63) is 14.7 Å². The molecule has 18 heavy (non-hydrogen) atoms. The molecular weight excluding hydrogens is 336 g/mol. The van der Waals surface area contributed by atoms with Crippen LogP contribution in [0.4, 0.5) is 0 Å². The van der Waals surface area contributed by atoms with E-state index < -0.39 is 10.0 Å². The van der Waals surface area contributed by atoms with Gasteiger partial charge < -0.3 is 5.73 Å². The van der Waals surface area contributed by atoms with Crippen LogP contribution in [0.1, 0.15) is 25.1 Å². The van der Waals surface area contributed by atoms with Gasteiger partial charge >= 0.3 is 0 Å². The van der Waals surface area contributed by atoms with E-state index in [0.717, 1.165) is 11.3 Å². The van der Waals surface area contributed by atoms with Crippen LogP contribution < -0.4 is 5.73 Å². The third-order valence-corrected chi connectivity index (χ3v) is 7.48. The fraction of sp³-hybridized carbons (Fsp3) is 0.636. The lowest BCUT2D eigenvalue weighted by molar-refractivity contribution is 0.405. The average Bonchev–Trinajstić information content (AvgIpc) is 2.82. The summed E-state index contributed by atoms with van der Waals surface area (Å²) in [4.78, 5) is 1.23. The Morgan fingerprint density at radius 3 is 2.67 bits per heavy atom. The van der Waals surface area contributed by atoms with E-state index in [2.05, 4.69) is 22.9 Å². The topological polar surface area (TPSA) is 63.4 Å². The van der Waals surface area contributed by atoms with Crippen LogP contribution in [-0.4, -0.2) is 25.3 Å². The lowest BCUT2D eigenvalue weighted by Crippen LogP contribution is -2.33. The molecule has 0 amide bonds. The largest absolute Gasteiger partial charge is 0.326 e. The molecule has 2 atom stereocenters. The number of hydrogen-bond acceptors (Lipinski definition) is 4. The summed E-state index contributed by atoms with van der Waals surface area (Å²) in [5, 5.41) is 0. The maximum Gasteiger partial charge on any atom is 0.245 e. The molecule has 2 heterocycles. The van der Waals surface area contributed by atoms with E-state index >= 15 is 0 Å². The SMILES string of the molecule is CC1CC(C)N(S(=O)(=O)c2cc(CN)sc2Br)C1. The van der Waals surface area contributed by atoms with Crippen LogP contribution in [0, 0.1) is 5.92 Å². The predicted molar refractivity (Wildman–Crippen MR) is 77.0 cm³/mol. The number of hydrogen-bond donors (Lipinski definition) is 1. The van der Waals surface area contributed by atoms with Gasteiger partial charge in [0.25, 0.3) is 0 Å². The van der Waals surface area contributed by atoms with Crippen LogP contribution in [0.3, 0.4) is 0 Å². The fourth-order valence-corrected chi connectivity index (χ4v) is 6.67. The zero-order valence-corrected chi connectivity index (χ0v) is 13.6. The van der Waals surface area contributed by atoms with E-state index in [0.29, 0.717) is 27.7 Å². The molecule has 2 rings (SSSR count). The number of sulfonamides is 1. The van der Waals surface area contributed by atoms with Crippen molar-refractivity contribution in [2.75, 3.05) is 6.54 Å². The van der Waals surface area contributed by atoms with Crippen molar-refractivity contribution in [3.63, 3.8) is 0 Å². The molecule has 1 aromatic rings. The molecule has 1 aromatic heterocycles. The van der Waals surface area contributed by atoms with Crippen molar-refractivity contribution in [2.24, 2.45) is 11.7 Å². The van der Waals surface area contributed by atoms with E-state index in [9.17, 15) is 8.42 Å². The first-order valence-electron chi connectivity index (χ1n) is 5.86. The quantitative estimate of drug-likeness (QED) is 0.908. The summed E-state index contributed by atoms with van der Waals surface area (Å²) in [6.07, 6.45) is 0.921. The smallest absolute Gasteiger partial charge is 0.245 e. The molecule has 7 heteroatoms. The van der Waals surface area contributed by atoms with E-state index in [1.165, 1.54) is 11.3 Å². The van der Waals surface area contributed by atoms with Crippen molar-refractivity contribution < 1.29 is 8.42 Å². The van der Waals surface area contributed by atoms with Gasteiger partial charge in [-0.2, -0.15) is 4.31 Å². The van der Waals surface area contributed by atoms with Crippen LogP contribution in [0.25, 0.3) is 0 Å². The van der Waals surface area contributed by atoms with Crippen molar-refractivity contribution in [1.82, 2.24) is 4.31 Å². The van der Waals surface area contributed by atoms with Gasteiger partial charge in [-0.15, -0.1) is 11.3 Å². The van der Waals surface area contributed by atoms with Gasteiger partial charge in [0.15, 0.2) is 0 Å². The Balaban J connectivity index is 2.39. The first kappa shape index (κ1) is 14.5. The molecule has 0 saturated carbocycles. The summed E-state index contributed by atoms with van der Waals surface area (Å²) < 4.78 is 27.5. The number of thiophene rings is 1. The van der Waals surface area contributed by atoms with Gasteiger partial charge in [0.2, 0.25) is 10.0 Å². The Kier molecular flexibility index (Phi) is 4.18. The van der Waals surface area contributed by atoms with Gasteiger partial charge in [0.1, 0.15) is 4.90 Å². The standard InChI is InChI=1S/C11H17BrN2O2S2/c1-7-3-8(2)14(6-7)18(15,16)10-4-9(5-13)17-11(10)12/h4,7-8H,3,5-6,13H2,1-2H3. The van der Waals surface area contributed by atoms with Crippen LogP contribution in [0.2, 0.25) is 0 Å².